The Hall–Kier alpha value is -2.64. The molecule has 2 aromatic rings. The zero-order chi connectivity index (χ0) is 16.1. The van der Waals surface area contributed by atoms with Crippen molar-refractivity contribution < 1.29 is 4.79 Å². The summed E-state index contributed by atoms with van der Waals surface area (Å²) in [6, 6.07) is 0.0335. The minimum absolute atomic E-state index is 0.0172. The molecule has 3 heterocycles. The number of carbonyl (C=O) groups excluding carboxylic acids is 1. The number of anilines is 1. The van der Waals surface area contributed by atoms with Crippen molar-refractivity contribution in [1.29, 1.82) is 0 Å². The molecule has 0 aliphatic carbocycles. The van der Waals surface area contributed by atoms with Gasteiger partial charge in [0.2, 0.25) is 0 Å². The lowest BCUT2D eigenvalue weighted by atomic mass is 10.3. The van der Waals surface area contributed by atoms with Crippen LogP contribution >= 0.6 is 0 Å². The van der Waals surface area contributed by atoms with Crippen molar-refractivity contribution in [1.82, 2.24) is 29.7 Å². The van der Waals surface area contributed by atoms with Gasteiger partial charge in [0, 0.05) is 63.6 Å². The van der Waals surface area contributed by atoms with Crippen molar-refractivity contribution >= 4 is 11.8 Å². The van der Waals surface area contributed by atoms with E-state index < -0.39 is 0 Å². The number of hydrogen-bond donors (Lipinski definition) is 1. The fraction of sp³-hybridized carbons (Fsp3) is 0.467. The highest BCUT2D eigenvalue weighted by Crippen LogP contribution is 2.11. The van der Waals surface area contributed by atoms with Crippen molar-refractivity contribution in [3.8, 4) is 0 Å². The molecule has 1 atom stereocenters. The van der Waals surface area contributed by atoms with Crippen LogP contribution in [0.2, 0.25) is 0 Å². The van der Waals surface area contributed by atoms with Crippen LogP contribution in [0, 0.1) is 0 Å². The van der Waals surface area contributed by atoms with Crippen LogP contribution in [0.1, 0.15) is 6.92 Å². The van der Waals surface area contributed by atoms with Crippen molar-refractivity contribution in [3.05, 3.63) is 37.3 Å². The number of aromatic nitrogens is 4. The van der Waals surface area contributed by atoms with E-state index in [2.05, 4.69) is 25.2 Å². The predicted octanol–water partition coefficient (Wildman–Crippen LogP) is 0.593. The van der Waals surface area contributed by atoms with Gasteiger partial charge < -0.3 is 19.7 Å². The molecule has 8 nitrogen and oxygen atoms in total. The van der Waals surface area contributed by atoms with E-state index >= 15 is 0 Å². The Kier molecular flexibility index (Phi) is 4.70. The summed E-state index contributed by atoms with van der Waals surface area (Å²) in [6.07, 6.45) is 10.5. The molecule has 1 N–H and O–H groups in total. The number of amides is 2. The van der Waals surface area contributed by atoms with Crippen molar-refractivity contribution in [2.24, 2.45) is 0 Å². The van der Waals surface area contributed by atoms with Crippen LogP contribution in [-0.4, -0.2) is 62.7 Å². The second kappa shape index (κ2) is 7.08. The van der Waals surface area contributed by atoms with Gasteiger partial charge in [-0.2, -0.15) is 0 Å². The summed E-state index contributed by atoms with van der Waals surface area (Å²) in [4.78, 5) is 28.7. The number of carbonyl (C=O) groups is 1. The lowest BCUT2D eigenvalue weighted by Crippen LogP contribution is -2.53. The first kappa shape index (κ1) is 15.3. The van der Waals surface area contributed by atoms with Gasteiger partial charge in [-0.1, -0.05) is 0 Å². The molecule has 0 saturated carbocycles. The molecule has 1 unspecified atom stereocenters. The van der Waals surface area contributed by atoms with Gasteiger partial charge in [0.05, 0.1) is 12.5 Å². The van der Waals surface area contributed by atoms with Crippen LogP contribution < -0.4 is 10.2 Å². The maximum atomic E-state index is 12.3. The fourth-order valence-electron chi connectivity index (χ4n) is 2.65. The van der Waals surface area contributed by atoms with Gasteiger partial charge >= 0.3 is 6.03 Å². The number of imidazole rings is 1. The molecular formula is C15H21N7O. The fourth-order valence-corrected chi connectivity index (χ4v) is 2.65. The summed E-state index contributed by atoms with van der Waals surface area (Å²) in [6.45, 7) is 5.60. The first-order chi connectivity index (χ1) is 11.2. The van der Waals surface area contributed by atoms with Gasteiger partial charge in [0.15, 0.2) is 0 Å². The Labute approximate surface area is 135 Å². The minimum atomic E-state index is -0.0172. The van der Waals surface area contributed by atoms with Gasteiger partial charge in [-0.3, -0.25) is 4.98 Å². The summed E-state index contributed by atoms with van der Waals surface area (Å²) < 4.78 is 1.96. The first-order valence-electron chi connectivity index (χ1n) is 7.74. The molecule has 1 fully saturated rings. The summed E-state index contributed by atoms with van der Waals surface area (Å²) in [5.74, 6) is 0.862. The Morgan fingerprint density at radius 3 is 2.70 bits per heavy atom. The number of piperazine rings is 1. The van der Waals surface area contributed by atoms with Crippen molar-refractivity contribution in [3.63, 3.8) is 0 Å². The topological polar surface area (TPSA) is 79.2 Å². The lowest BCUT2D eigenvalue weighted by Gasteiger charge is -2.35. The van der Waals surface area contributed by atoms with Gasteiger partial charge in [-0.15, -0.1) is 0 Å². The van der Waals surface area contributed by atoms with Crippen molar-refractivity contribution in [2.75, 3.05) is 31.1 Å². The highest BCUT2D eigenvalue weighted by atomic mass is 16.2. The maximum absolute atomic E-state index is 12.3. The Balaban J connectivity index is 1.46. The standard InChI is InChI=1S/C15H21N7O/c1-13(11-20-5-4-17-12-20)19-15(23)22-8-6-21(7-9-22)14-10-16-2-3-18-14/h2-5,10,12-13H,6-9,11H2,1H3,(H,19,23). The number of rotatable bonds is 4. The Bertz CT molecular complexity index is 608. The summed E-state index contributed by atoms with van der Waals surface area (Å²) >= 11 is 0. The molecule has 1 aliphatic heterocycles. The molecule has 1 aliphatic rings. The zero-order valence-corrected chi connectivity index (χ0v) is 13.2. The lowest BCUT2D eigenvalue weighted by molar-refractivity contribution is 0.190. The third kappa shape index (κ3) is 3.97. The molecular weight excluding hydrogens is 294 g/mol. The number of hydrogen-bond acceptors (Lipinski definition) is 5. The number of nitrogens with one attached hydrogen (secondary N) is 1. The van der Waals surface area contributed by atoms with E-state index in [0.717, 1.165) is 18.9 Å². The molecule has 3 rings (SSSR count). The first-order valence-corrected chi connectivity index (χ1v) is 7.74. The van der Waals surface area contributed by atoms with E-state index in [1.54, 1.807) is 31.1 Å². The third-order valence-corrected chi connectivity index (χ3v) is 3.85. The highest BCUT2D eigenvalue weighted by Gasteiger charge is 2.22. The van der Waals surface area contributed by atoms with Crippen LogP contribution in [0.3, 0.4) is 0 Å². The smallest absolute Gasteiger partial charge is 0.317 e. The Morgan fingerprint density at radius 1 is 1.22 bits per heavy atom. The summed E-state index contributed by atoms with van der Waals surface area (Å²) in [7, 11) is 0. The molecule has 0 bridgehead atoms. The molecule has 0 spiro atoms. The molecule has 23 heavy (non-hydrogen) atoms. The van der Waals surface area contributed by atoms with E-state index in [-0.39, 0.29) is 12.1 Å². The minimum Gasteiger partial charge on any atom is -0.352 e. The van der Waals surface area contributed by atoms with Gasteiger partial charge in [0.1, 0.15) is 5.82 Å². The predicted molar refractivity (Wildman–Crippen MR) is 86.0 cm³/mol. The summed E-state index contributed by atoms with van der Waals surface area (Å²) in [5.41, 5.74) is 0. The van der Waals surface area contributed by atoms with Crippen LogP contribution in [0.4, 0.5) is 10.6 Å². The average Bonchev–Trinajstić information content (AvgIpc) is 3.08. The molecule has 0 aromatic carbocycles. The second-order valence-corrected chi connectivity index (χ2v) is 5.65. The second-order valence-electron chi connectivity index (χ2n) is 5.65. The number of urea groups is 1. The number of nitrogens with zero attached hydrogens (tertiary/aromatic N) is 6. The van der Waals surface area contributed by atoms with Gasteiger partial charge in [-0.05, 0) is 6.92 Å². The van der Waals surface area contributed by atoms with Crippen LogP contribution in [0.5, 0.6) is 0 Å². The molecule has 0 radical (unpaired) electrons. The molecule has 122 valence electrons. The van der Waals surface area contributed by atoms with E-state index in [0.29, 0.717) is 19.6 Å². The monoisotopic (exact) mass is 315 g/mol. The maximum Gasteiger partial charge on any atom is 0.317 e. The zero-order valence-electron chi connectivity index (χ0n) is 13.2. The van der Waals surface area contributed by atoms with E-state index in [1.165, 1.54) is 0 Å². The Morgan fingerprint density at radius 2 is 2.04 bits per heavy atom. The van der Waals surface area contributed by atoms with Gasteiger partial charge in [0.25, 0.3) is 0 Å². The third-order valence-electron chi connectivity index (χ3n) is 3.85. The quantitative estimate of drug-likeness (QED) is 0.893. The highest BCUT2D eigenvalue weighted by molar-refractivity contribution is 5.74. The van der Waals surface area contributed by atoms with Crippen LogP contribution in [-0.2, 0) is 6.54 Å². The molecule has 8 heteroatoms. The van der Waals surface area contributed by atoms with E-state index in [9.17, 15) is 4.79 Å². The van der Waals surface area contributed by atoms with E-state index in [4.69, 9.17) is 0 Å². The SMILES string of the molecule is CC(Cn1ccnc1)NC(=O)N1CCN(c2cnccn2)CC1. The van der Waals surface area contributed by atoms with Crippen LogP contribution in [0.25, 0.3) is 0 Å². The molecule has 2 aromatic heterocycles. The van der Waals surface area contributed by atoms with Gasteiger partial charge in [-0.25, -0.2) is 14.8 Å². The largest absolute Gasteiger partial charge is 0.352 e. The molecule has 1 saturated heterocycles. The van der Waals surface area contributed by atoms with Crippen molar-refractivity contribution in [2.45, 2.75) is 19.5 Å². The summed E-state index contributed by atoms with van der Waals surface area (Å²) in [5, 5.41) is 3.03. The molecule has 2 amide bonds. The normalized spacial score (nSPS) is 16.2. The van der Waals surface area contributed by atoms with E-state index in [1.807, 2.05) is 22.6 Å². The average molecular weight is 315 g/mol. The van der Waals surface area contributed by atoms with Crippen LogP contribution in [0.15, 0.2) is 37.3 Å².